The fourth-order valence-electron chi connectivity index (χ4n) is 2.74. The number of H-pyrrole nitrogens is 1. The van der Waals surface area contributed by atoms with E-state index in [1.54, 1.807) is 0 Å². The number of nitrogens with zero attached hydrogens (tertiary/aromatic N) is 3. The van der Waals surface area contributed by atoms with Crippen molar-refractivity contribution in [1.29, 1.82) is 0 Å². The molecule has 2 heterocycles. The number of aromatic amines is 1. The molecular formula is C19H23N5O. The summed E-state index contributed by atoms with van der Waals surface area (Å²) in [6, 6.07) is 11.9. The summed E-state index contributed by atoms with van der Waals surface area (Å²) in [5.41, 5.74) is 4.74. The van der Waals surface area contributed by atoms with Crippen LogP contribution in [0.1, 0.15) is 42.4 Å². The molecular weight excluding hydrogens is 314 g/mol. The van der Waals surface area contributed by atoms with Gasteiger partial charge in [-0.2, -0.15) is 10.2 Å². The van der Waals surface area contributed by atoms with Crippen LogP contribution in [0.3, 0.4) is 0 Å². The highest BCUT2D eigenvalue weighted by molar-refractivity contribution is 5.78. The Morgan fingerprint density at radius 1 is 1.28 bits per heavy atom. The van der Waals surface area contributed by atoms with Crippen molar-refractivity contribution in [3.05, 3.63) is 65.2 Å². The molecule has 130 valence electrons. The molecule has 0 aliphatic carbocycles. The number of hydrogen-bond donors (Lipinski definition) is 2. The third-order valence-corrected chi connectivity index (χ3v) is 3.97. The number of benzene rings is 1. The van der Waals surface area contributed by atoms with Crippen molar-refractivity contribution < 1.29 is 4.79 Å². The summed E-state index contributed by atoms with van der Waals surface area (Å²) < 4.78 is 1.87. The zero-order valence-electron chi connectivity index (χ0n) is 14.8. The quantitative estimate of drug-likeness (QED) is 0.726. The maximum Gasteiger partial charge on any atom is 0.226 e. The molecule has 0 spiro atoms. The Kier molecular flexibility index (Phi) is 4.97. The number of carbonyl (C=O) groups excluding carboxylic acids is 1. The van der Waals surface area contributed by atoms with Gasteiger partial charge in [-0.15, -0.1) is 0 Å². The number of nitrogens with one attached hydrogen (secondary N) is 2. The number of aromatic nitrogens is 4. The van der Waals surface area contributed by atoms with Crippen LogP contribution in [-0.4, -0.2) is 25.9 Å². The second-order valence-electron chi connectivity index (χ2n) is 6.47. The lowest BCUT2D eigenvalue weighted by atomic mass is 10.1. The summed E-state index contributed by atoms with van der Waals surface area (Å²) in [5.74, 6) is 0.236. The molecule has 6 heteroatoms. The molecule has 0 saturated heterocycles. The second kappa shape index (κ2) is 7.34. The lowest BCUT2D eigenvalue weighted by Gasteiger charge is -2.06. The number of para-hydroxylation sites is 1. The number of amides is 1. The predicted octanol–water partition coefficient (Wildman–Crippen LogP) is 2.89. The van der Waals surface area contributed by atoms with E-state index in [0.29, 0.717) is 6.54 Å². The third kappa shape index (κ3) is 4.15. The Balaban J connectivity index is 1.70. The summed E-state index contributed by atoms with van der Waals surface area (Å²) in [6.07, 6.45) is 2.26. The molecule has 25 heavy (non-hydrogen) atoms. The molecule has 2 N–H and O–H groups in total. The number of hydrogen-bond acceptors (Lipinski definition) is 3. The highest BCUT2D eigenvalue weighted by Crippen LogP contribution is 2.20. The zero-order valence-corrected chi connectivity index (χ0v) is 14.8. The van der Waals surface area contributed by atoms with Crippen LogP contribution in [-0.2, 0) is 17.8 Å². The molecule has 0 saturated carbocycles. The Bertz CT molecular complexity index is 848. The van der Waals surface area contributed by atoms with E-state index in [4.69, 9.17) is 5.10 Å². The van der Waals surface area contributed by atoms with Crippen molar-refractivity contribution in [2.45, 2.75) is 39.7 Å². The van der Waals surface area contributed by atoms with Gasteiger partial charge in [0.15, 0.2) is 0 Å². The molecule has 1 amide bonds. The molecule has 0 fully saturated rings. The van der Waals surface area contributed by atoms with Gasteiger partial charge in [0, 0.05) is 24.0 Å². The Morgan fingerprint density at radius 3 is 2.68 bits per heavy atom. The van der Waals surface area contributed by atoms with Crippen LogP contribution in [0.25, 0.3) is 5.69 Å². The number of rotatable bonds is 6. The van der Waals surface area contributed by atoms with Gasteiger partial charge in [-0.3, -0.25) is 9.89 Å². The van der Waals surface area contributed by atoms with E-state index in [1.165, 1.54) is 0 Å². The summed E-state index contributed by atoms with van der Waals surface area (Å²) in [5, 5.41) is 14.6. The van der Waals surface area contributed by atoms with E-state index in [2.05, 4.69) is 29.4 Å². The first-order valence-corrected chi connectivity index (χ1v) is 8.44. The van der Waals surface area contributed by atoms with Gasteiger partial charge in [0.2, 0.25) is 5.91 Å². The Hall–Kier alpha value is -2.89. The largest absolute Gasteiger partial charge is 0.352 e. The third-order valence-electron chi connectivity index (χ3n) is 3.97. The highest BCUT2D eigenvalue weighted by Gasteiger charge is 2.14. The van der Waals surface area contributed by atoms with E-state index in [0.717, 1.165) is 28.3 Å². The molecule has 0 unspecified atom stereocenters. The minimum atomic E-state index is -0.0475. The van der Waals surface area contributed by atoms with Crippen molar-refractivity contribution in [2.24, 2.45) is 0 Å². The maximum atomic E-state index is 12.2. The fraction of sp³-hybridized carbons (Fsp3) is 0.316. The van der Waals surface area contributed by atoms with Crippen molar-refractivity contribution in [2.75, 3.05) is 0 Å². The van der Waals surface area contributed by atoms with Crippen LogP contribution in [0.15, 0.2) is 42.6 Å². The van der Waals surface area contributed by atoms with Gasteiger partial charge in [0.1, 0.15) is 0 Å². The van der Waals surface area contributed by atoms with Crippen molar-refractivity contribution >= 4 is 5.91 Å². The van der Waals surface area contributed by atoms with Gasteiger partial charge in [0.05, 0.1) is 23.5 Å². The topological polar surface area (TPSA) is 75.6 Å². The van der Waals surface area contributed by atoms with Gasteiger partial charge < -0.3 is 5.32 Å². The SMILES string of the molecule is Cc1cc(CC(=O)NCc2cn(-c3ccccc3)nc2C(C)C)n[nH]1. The van der Waals surface area contributed by atoms with Crippen LogP contribution >= 0.6 is 0 Å². The van der Waals surface area contributed by atoms with E-state index in [-0.39, 0.29) is 18.2 Å². The average Bonchev–Trinajstić information content (AvgIpc) is 3.20. The molecule has 3 rings (SSSR count). The van der Waals surface area contributed by atoms with Gasteiger partial charge in [-0.05, 0) is 31.0 Å². The molecule has 6 nitrogen and oxygen atoms in total. The Labute approximate surface area is 147 Å². The zero-order chi connectivity index (χ0) is 17.8. The van der Waals surface area contributed by atoms with Crippen molar-refractivity contribution in [3.63, 3.8) is 0 Å². The first-order chi connectivity index (χ1) is 12.0. The molecule has 0 aliphatic rings. The van der Waals surface area contributed by atoms with E-state index >= 15 is 0 Å². The van der Waals surface area contributed by atoms with Gasteiger partial charge >= 0.3 is 0 Å². The smallest absolute Gasteiger partial charge is 0.226 e. The molecule has 0 bridgehead atoms. The molecule has 3 aromatic rings. The molecule has 0 aliphatic heterocycles. The summed E-state index contributed by atoms with van der Waals surface area (Å²) >= 11 is 0. The average molecular weight is 337 g/mol. The van der Waals surface area contributed by atoms with Crippen LogP contribution in [0, 0.1) is 6.92 Å². The highest BCUT2D eigenvalue weighted by atomic mass is 16.1. The maximum absolute atomic E-state index is 12.2. The lowest BCUT2D eigenvalue weighted by molar-refractivity contribution is -0.120. The molecule has 0 radical (unpaired) electrons. The van der Waals surface area contributed by atoms with Crippen LogP contribution in [0.5, 0.6) is 0 Å². The molecule has 2 aromatic heterocycles. The minimum absolute atomic E-state index is 0.0475. The van der Waals surface area contributed by atoms with Gasteiger partial charge in [-0.1, -0.05) is 32.0 Å². The first kappa shape index (κ1) is 17.0. The number of aryl methyl sites for hydroxylation is 1. The molecule has 1 aromatic carbocycles. The number of carbonyl (C=O) groups is 1. The van der Waals surface area contributed by atoms with E-state index < -0.39 is 0 Å². The van der Waals surface area contributed by atoms with Crippen LogP contribution < -0.4 is 5.32 Å². The molecule has 0 atom stereocenters. The van der Waals surface area contributed by atoms with Gasteiger partial charge in [0.25, 0.3) is 0 Å². The van der Waals surface area contributed by atoms with Crippen LogP contribution in [0.2, 0.25) is 0 Å². The standard InChI is InChI=1S/C19H23N5O/c1-13(2)19-15(12-24(23-19)17-7-5-4-6-8-17)11-20-18(25)10-16-9-14(3)21-22-16/h4-9,12-13H,10-11H2,1-3H3,(H,20,25)(H,21,22). The second-order valence-corrected chi connectivity index (χ2v) is 6.47. The summed E-state index contributed by atoms with van der Waals surface area (Å²) in [7, 11) is 0. The van der Waals surface area contributed by atoms with E-state index in [9.17, 15) is 4.79 Å². The monoisotopic (exact) mass is 337 g/mol. The normalized spacial score (nSPS) is 11.0. The van der Waals surface area contributed by atoms with E-state index in [1.807, 2.05) is 54.2 Å². The van der Waals surface area contributed by atoms with Crippen molar-refractivity contribution in [1.82, 2.24) is 25.3 Å². The first-order valence-electron chi connectivity index (χ1n) is 8.44. The van der Waals surface area contributed by atoms with Gasteiger partial charge in [-0.25, -0.2) is 4.68 Å². The van der Waals surface area contributed by atoms with Crippen molar-refractivity contribution in [3.8, 4) is 5.69 Å². The summed E-state index contributed by atoms with van der Waals surface area (Å²) in [4.78, 5) is 12.2. The van der Waals surface area contributed by atoms with Crippen LogP contribution in [0.4, 0.5) is 0 Å². The fourth-order valence-corrected chi connectivity index (χ4v) is 2.74. The predicted molar refractivity (Wildman–Crippen MR) is 96.5 cm³/mol. The Morgan fingerprint density at radius 2 is 2.04 bits per heavy atom. The summed E-state index contributed by atoms with van der Waals surface area (Å²) in [6.45, 7) is 6.59. The lowest BCUT2D eigenvalue weighted by Crippen LogP contribution is -2.25. The minimum Gasteiger partial charge on any atom is -0.352 e.